The van der Waals surface area contributed by atoms with Crippen LogP contribution in [0, 0.1) is 0 Å². The average molecular weight is 354 g/mol. The van der Waals surface area contributed by atoms with Crippen molar-refractivity contribution in [3.63, 3.8) is 0 Å². The molecule has 0 saturated carbocycles. The molecule has 0 amide bonds. The van der Waals surface area contributed by atoms with E-state index in [1.165, 1.54) is 6.33 Å². The highest BCUT2D eigenvalue weighted by atomic mass is 79.9. The lowest BCUT2D eigenvalue weighted by atomic mass is 10.3. The fourth-order valence-corrected chi connectivity index (χ4v) is 2.68. The molecule has 3 aromatic rings. The van der Waals surface area contributed by atoms with Crippen LogP contribution >= 0.6 is 27.5 Å². The number of alkyl halides is 1. The first-order chi connectivity index (χ1) is 9.76. The van der Waals surface area contributed by atoms with Crippen LogP contribution in [0.3, 0.4) is 0 Å². The lowest BCUT2D eigenvalue weighted by molar-refractivity contribution is 0.401. The summed E-state index contributed by atoms with van der Waals surface area (Å²) >= 11 is 9.55. The van der Waals surface area contributed by atoms with E-state index < -0.39 is 0 Å². The van der Waals surface area contributed by atoms with E-state index in [9.17, 15) is 0 Å². The molecule has 2 heterocycles. The Morgan fingerprint density at radius 2 is 2.10 bits per heavy atom. The largest absolute Gasteiger partial charge is 0.479 e. The van der Waals surface area contributed by atoms with Crippen molar-refractivity contribution >= 4 is 38.7 Å². The third-order valence-corrected chi connectivity index (χ3v) is 3.80. The second-order valence-electron chi connectivity index (χ2n) is 4.00. The normalized spacial score (nSPS) is 10.9. The quantitative estimate of drug-likeness (QED) is 0.678. The highest BCUT2D eigenvalue weighted by Crippen LogP contribution is 2.29. The summed E-state index contributed by atoms with van der Waals surface area (Å²) in [7, 11) is 1.56. The lowest BCUT2D eigenvalue weighted by Gasteiger charge is -2.09. The molecule has 0 N–H and O–H groups in total. The molecule has 0 saturated heterocycles. The van der Waals surface area contributed by atoms with E-state index >= 15 is 0 Å². The zero-order chi connectivity index (χ0) is 14.1. The monoisotopic (exact) mass is 352 g/mol. The summed E-state index contributed by atoms with van der Waals surface area (Å²) in [6.45, 7) is 0. The van der Waals surface area contributed by atoms with Crippen molar-refractivity contribution in [1.29, 1.82) is 0 Å². The predicted octanol–water partition coefficient (Wildman–Crippen LogP) is 3.33. The van der Waals surface area contributed by atoms with Crippen LogP contribution in [0.2, 0.25) is 0 Å². The molecule has 0 radical (unpaired) electrons. The second kappa shape index (κ2) is 5.38. The molecule has 20 heavy (non-hydrogen) atoms. The molecule has 0 spiro atoms. The average Bonchev–Trinajstić information content (AvgIpc) is 2.86. The Balaban J connectivity index is 2.37. The van der Waals surface area contributed by atoms with Gasteiger partial charge in [0, 0.05) is 4.47 Å². The first-order valence-corrected chi connectivity index (χ1v) is 7.16. The van der Waals surface area contributed by atoms with Crippen molar-refractivity contribution in [2.45, 2.75) is 5.88 Å². The van der Waals surface area contributed by atoms with Crippen molar-refractivity contribution in [2.75, 3.05) is 7.11 Å². The van der Waals surface area contributed by atoms with Crippen molar-refractivity contribution in [1.82, 2.24) is 19.5 Å². The van der Waals surface area contributed by atoms with Gasteiger partial charge in [-0.3, -0.25) is 4.57 Å². The van der Waals surface area contributed by atoms with Crippen molar-refractivity contribution in [3.8, 4) is 11.6 Å². The topological polar surface area (TPSA) is 52.8 Å². The Bertz CT molecular complexity index is 774. The molecule has 0 unspecified atom stereocenters. The molecular weight excluding hydrogens is 344 g/mol. The van der Waals surface area contributed by atoms with E-state index in [1.807, 2.05) is 28.8 Å². The Labute approximate surface area is 128 Å². The number of benzene rings is 1. The maximum atomic E-state index is 6.01. The maximum absolute atomic E-state index is 6.01. The van der Waals surface area contributed by atoms with E-state index in [-0.39, 0.29) is 5.88 Å². The summed E-state index contributed by atoms with van der Waals surface area (Å²) in [4.78, 5) is 12.9. The number of rotatable bonds is 3. The molecule has 102 valence electrons. The maximum Gasteiger partial charge on any atom is 0.245 e. The Morgan fingerprint density at radius 1 is 1.30 bits per heavy atom. The molecule has 5 nitrogen and oxygen atoms in total. The summed E-state index contributed by atoms with van der Waals surface area (Å²) in [5.41, 5.74) is 2.19. The smallest absolute Gasteiger partial charge is 0.245 e. The summed E-state index contributed by atoms with van der Waals surface area (Å²) in [6, 6.07) is 7.82. The number of hydrogen-bond acceptors (Lipinski definition) is 4. The number of hydrogen-bond donors (Lipinski definition) is 0. The van der Waals surface area contributed by atoms with Crippen LogP contribution in [-0.2, 0) is 5.88 Å². The van der Waals surface area contributed by atoms with E-state index in [1.54, 1.807) is 7.11 Å². The molecule has 0 aliphatic carbocycles. The molecule has 0 bridgehead atoms. The van der Waals surface area contributed by atoms with Crippen molar-refractivity contribution < 1.29 is 4.74 Å². The molecule has 0 aliphatic rings. The van der Waals surface area contributed by atoms with Crippen LogP contribution in [0.1, 0.15) is 5.82 Å². The van der Waals surface area contributed by atoms with Crippen molar-refractivity contribution in [2.24, 2.45) is 0 Å². The molecule has 7 heteroatoms. The number of methoxy groups -OCH3 is 1. The van der Waals surface area contributed by atoms with Gasteiger partial charge in [0.1, 0.15) is 12.2 Å². The van der Waals surface area contributed by atoms with Crippen LogP contribution in [-0.4, -0.2) is 26.6 Å². The Morgan fingerprint density at radius 3 is 2.80 bits per heavy atom. The van der Waals surface area contributed by atoms with Gasteiger partial charge in [-0.25, -0.2) is 9.97 Å². The third kappa shape index (κ3) is 2.05. The van der Waals surface area contributed by atoms with E-state index in [0.717, 1.165) is 10.2 Å². The standard InChI is InChI=1S/C13H10BrClN4O/c1-20-13-11-12(16-7-17-13)19(10(6-15)18-11)9-5-3-2-4-8(9)14/h2-5,7H,6H2,1H3. The van der Waals surface area contributed by atoms with Gasteiger partial charge < -0.3 is 4.74 Å². The summed E-state index contributed by atoms with van der Waals surface area (Å²) < 4.78 is 8.06. The van der Waals surface area contributed by atoms with E-state index in [2.05, 4.69) is 30.9 Å². The number of para-hydroxylation sites is 1. The SMILES string of the molecule is COc1ncnc2c1nc(CCl)n2-c1ccccc1Br. The molecule has 2 aromatic heterocycles. The summed E-state index contributed by atoms with van der Waals surface area (Å²) in [5, 5.41) is 0. The number of fused-ring (bicyclic) bond motifs is 1. The highest BCUT2D eigenvalue weighted by molar-refractivity contribution is 9.10. The van der Waals surface area contributed by atoms with Gasteiger partial charge in [0.15, 0.2) is 11.2 Å². The molecule has 3 rings (SSSR count). The van der Waals surface area contributed by atoms with Crippen LogP contribution in [0.4, 0.5) is 0 Å². The first kappa shape index (κ1) is 13.3. The fraction of sp³-hybridized carbons (Fsp3) is 0.154. The third-order valence-electron chi connectivity index (χ3n) is 2.89. The van der Waals surface area contributed by atoms with Gasteiger partial charge in [-0.1, -0.05) is 12.1 Å². The lowest BCUT2D eigenvalue weighted by Crippen LogP contribution is -2.01. The van der Waals surface area contributed by atoms with Gasteiger partial charge in [-0.15, -0.1) is 11.6 Å². The number of ether oxygens (including phenoxy) is 1. The van der Waals surface area contributed by atoms with E-state index in [4.69, 9.17) is 16.3 Å². The second-order valence-corrected chi connectivity index (χ2v) is 5.13. The number of nitrogens with zero attached hydrogens (tertiary/aromatic N) is 4. The minimum absolute atomic E-state index is 0.265. The minimum Gasteiger partial charge on any atom is -0.479 e. The van der Waals surface area contributed by atoms with Crippen molar-refractivity contribution in [3.05, 3.63) is 40.9 Å². The van der Waals surface area contributed by atoms with Gasteiger partial charge >= 0.3 is 0 Å². The zero-order valence-corrected chi connectivity index (χ0v) is 12.9. The number of halogens is 2. The Kier molecular flexibility index (Phi) is 3.58. The van der Waals surface area contributed by atoms with Gasteiger partial charge in [-0.2, -0.15) is 4.98 Å². The van der Waals surface area contributed by atoms with Crippen LogP contribution in [0.15, 0.2) is 35.1 Å². The van der Waals surface area contributed by atoms with Gasteiger partial charge in [0.05, 0.1) is 18.7 Å². The zero-order valence-electron chi connectivity index (χ0n) is 10.5. The van der Waals surface area contributed by atoms with Crippen LogP contribution < -0.4 is 4.74 Å². The molecular formula is C13H10BrClN4O. The molecule has 0 aliphatic heterocycles. The molecule has 0 atom stereocenters. The van der Waals surface area contributed by atoms with Gasteiger partial charge in [0.2, 0.25) is 5.88 Å². The number of aromatic nitrogens is 4. The molecule has 0 fully saturated rings. The predicted molar refractivity (Wildman–Crippen MR) is 80.5 cm³/mol. The number of imidazole rings is 1. The van der Waals surface area contributed by atoms with E-state index in [0.29, 0.717) is 22.9 Å². The minimum atomic E-state index is 0.265. The first-order valence-electron chi connectivity index (χ1n) is 5.83. The van der Waals surface area contributed by atoms with Gasteiger partial charge in [-0.05, 0) is 28.1 Å². The highest BCUT2D eigenvalue weighted by Gasteiger charge is 2.18. The molecule has 1 aromatic carbocycles. The van der Waals surface area contributed by atoms with Gasteiger partial charge in [0.25, 0.3) is 0 Å². The fourth-order valence-electron chi connectivity index (χ4n) is 2.04. The Hall–Kier alpha value is -1.66. The summed E-state index contributed by atoms with van der Waals surface area (Å²) in [6.07, 6.45) is 1.45. The van der Waals surface area contributed by atoms with Crippen LogP contribution in [0.25, 0.3) is 16.9 Å². The summed E-state index contributed by atoms with van der Waals surface area (Å²) in [5.74, 6) is 1.39. The van der Waals surface area contributed by atoms with Crippen LogP contribution in [0.5, 0.6) is 5.88 Å².